The highest BCUT2D eigenvalue weighted by molar-refractivity contribution is 5.94. The molecule has 10 nitrogen and oxygen atoms in total. The minimum absolute atomic E-state index is 0.0124. The second-order valence-corrected chi connectivity index (χ2v) is 19.7. The number of nitrogens with zero attached hydrogens (tertiary/aromatic N) is 4. The van der Waals surface area contributed by atoms with Crippen LogP contribution in [0.4, 0.5) is 24.7 Å². The first-order valence-corrected chi connectivity index (χ1v) is 23.8. The number of halogens is 3. The molecule has 2 saturated carbocycles. The largest absolute Gasteiger partial charge is 0.508 e. The average Bonchev–Trinajstić information content (AvgIpc) is 3.59. The van der Waals surface area contributed by atoms with E-state index in [0.717, 1.165) is 88.4 Å². The van der Waals surface area contributed by atoms with Gasteiger partial charge in [0.15, 0.2) is 0 Å². The van der Waals surface area contributed by atoms with Crippen LogP contribution in [0.2, 0.25) is 0 Å². The van der Waals surface area contributed by atoms with Crippen molar-refractivity contribution < 1.29 is 32.9 Å². The van der Waals surface area contributed by atoms with Crippen LogP contribution in [0.25, 0.3) is 0 Å². The molecule has 3 aliphatic carbocycles. The maximum Gasteiger partial charge on any atom is 0.433 e. The number of hydrogen-bond donors (Lipinski definition) is 4. The average molecular weight is 875 g/mol. The van der Waals surface area contributed by atoms with E-state index in [1.165, 1.54) is 74.5 Å². The van der Waals surface area contributed by atoms with Crippen molar-refractivity contribution in [3.63, 3.8) is 0 Å². The number of nitrogens with one attached hydrogen (secondary N) is 2. The maximum absolute atomic E-state index is 13.1. The van der Waals surface area contributed by atoms with Crippen LogP contribution >= 0.6 is 0 Å². The number of hydrogen-bond acceptors (Lipinski definition) is 9. The number of fused-ring (bicyclic) bond motifs is 5. The fourth-order valence-corrected chi connectivity index (χ4v) is 12.0. The van der Waals surface area contributed by atoms with Crippen molar-refractivity contribution in [3.05, 3.63) is 83.0 Å². The number of phenols is 1. The molecule has 344 valence electrons. The lowest BCUT2D eigenvalue weighted by molar-refractivity contribution is -0.141. The number of benzene rings is 2. The van der Waals surface area contributed by atoms with E-state index in [-0.39, 0.29) is 29.3 Å². The highest BCUT2D eigenvalue weighted by Crippen LogP contribution is 2.62. The molecular weight excluding hydrogens is 806 g/mol. The molecule has 63 heavy (non-hydrogen) atoms. The summed E-state index contributed by atoms with van der Waals surface area (Å²) in [4.78, 5) is 24.2. The number of likely N-dealkylation sites (N-methyl/N-ethyl adjacent to an activating group) is 1. The molecule has 3 saturated heterocycles. The number of amides is 1. The van der Waals surface area contributed by atoms with Crippen molar-refractivity contribution in [2.24, 2.45) is 29.1 Å². The number of aliphatic hydroxyl groups excluding tert-OH is 1. The molecule has 0 bridgehead atoms. The molecule has 7 unspecified atom stereocenters. The summed E-state index contributed by atoms with van der Waals surface area (Å²) in [5, 5.41) is 27.4. The summed E-state index contributed by atoms with van der Waals surface area (Å²) in [6.07, 6.45) is 6.91. The lowest BCUT2D eigenvalue weighted by Crippen LogP contribution is -2.47. The molecule has 3 aliphatic heterocycles. The van der Waals surface area contributed by atoms with Gasteiger partial charge in [-0.25, -0.2) is 4.98 Å². The third-order valence-electron chi connectivity index (χ3n) is 15.6. The highest BCUT2D eigenvalue weighted by Gasteiger charge is 2.56. The number of rotatable bonds is 10. The van der Waals surface area contributed by atoms with Gasteiger partial charge in [0.05, 0.1) is 18.8 Å². The van der Waals surface area contributed by atoms with Gasteiger partial charge in [-0.3, -0.25) is 4.79 Å². The van der Waals surface area contributed by atoms with Gasteiger partial charge in [-0.05, 0) is 172 Å². The van der Waals surface area contributed by atoms with Crippen molar-refractivity contribution in [1.29, 1.82) is 0 Å². The predicted octanol–water partition coefficient (Wildman–Crippen LogP) is 8.20. The summed E-state index contributed by atoms with van der Waals surface area (Å²) in [6.45, 7) is 12.4. The van der Waals surface area contributed by atoms with Gasteiger partial charge in [0.2, 0.25) is 0 Å². The number of phenolic OH excluding ortho intramolecular Hbond substituents is 1. The second-order valence-electron chi connectivity index (χ2n) is 19.7. The summed E-state index contributed by atoms with van der Waals surface area (Å²) in [5.74, 6) is 3.53. The van der Waals surface area contributed by atoms with Gasteiger partial charge in [-0.2, -0.15) is 13.2 Å². The van der Waals surface area contributed by atoms with Crippen LogP contribution in [0.5, 0.6) is 5.75 Å². The second kappa shape index (κ2) is 20.1. The summed E-state index contributed by atoms with van der Waals surface area (Å²) in [5.41, 5.74) is 3.84. The molecule has 3 aromatic rings. The van der Waals surface area contributed by atoms with Crippen molar-refractivity contribution in [2.75, 3.05) is 82.8 Å². The van der Waals surface area contributed by atoms with Gasteiger partial charge in [0.1, 0.15) is 17.3 Å². The molecule has 4 heterocycles. The Morgan fingerprint density at radius 3 is 2.46 bits per heavy atom. The van der Waals surface area contributed by atoms with Crippen LogP contribution < -0.4 is 15.5 Å². The van der Waals surface area contributed by atoms with Crippen LogP contribution in [0.15, 0.2) is 60.7 Å². The van der Waals surface area contributed by atoms with E-state index in [4.69, 9.17) is 4.74 Å². The molecule has 0 radical (unpaired) electrons. The maximum atomic E-state index is 13.1. The fraction of sp³-hybridized carbons (Fsp3) is 0.640. The quantitative estimate of drug-likeness (QED) is 0.150. The Labute approximate surface area is 372 Å². The number of piperidine rings is 1. The molecule has 9 rings (SSSR count). The summed E-state index contributed by atoms with van der Waals surface area (Å²) in [7, 11) is 2.22. The number of carbonyl (C=O) groups excluding carboxylic acids is 1. The van der Waals surface area contributed by atoms with E-state index in [0.29, 0.717) is 49.2 Å². The lowest BCUT2D eigenvalue weighted by Gasteiger charge is -2.53. The van der Waals surface area contributed by atoms with Crippen molar-refractivity contribution in [1.82, 2.24) is 20.1 Å². The first kappa shape index (κ1) is 45.7. The molecule has 0 spiro atoms. The molecular formula is C50H69F3N6O4. The summed E-state index contributed by atoms with van der Waals surface area (Å²) in [6, 6.07) is 18.1. The molecule has 1 amide bonds. The lowest BCUT2D eigenvalue weighted by atomic mass is 9.52. The minimum atomic E-state index is -4.40. The van der Waals surface area contributed by atoms with Gasteiger partial charge in [-0.15, -0.1) is 0 Å². The topological polar surface area (TPSA) is 113 Å². The zero-order valence-electron chi connectivity index (χ0n) is 37.3. The number of alkyl halides is 3. The van der Waals surface area contributed by atoms with Gasteiger partial charge >= 0.3 is 6.18 Å². The minimum Gasteiger partial charge on any atom is -0.508 e. The molecule has 4 N–H and O–H groups in total. The Hall–Kier alpha value is -3.91. The first-order valence-electron chi connectivity index (χ1n) is 23.8. The highest BCUT2D eigenvalue weighted by atomic mass is 19.4. The van der Waals surface area contributed by atoms with Crippen molar-refractivity contribution >= 4 is 17.4 Å². The molecule has 2 aromatic carbocycles. The summed E-state index contributed by atoms with van der Waals surface area (Å²) >= 11 is 0. The number of ether oxygens (including phenoxy) is 1. The van der Waals surface area contributed by atoms with Crippen LogP contribution in [0.3, 0.4) is 0 Å². The number of aliphatic hydroxyl groups is 1. The Kier molecular flexibility index (Phi) is 14.6. The SMILES string of the molecule is CN1CCN(CC2CCN(c3ccc(C(=O)NCCCC4Cc5cc(O)ccc5C5CCC6(C)C(O)CCC6C45)cc3)CC2)CC1.FC(F)(F)c1cccc(NC2CCCOC2)n1. The number of aromatic hydroxyl groups is 1. The van der Waals surface area contributed by atoms with E-state index >= 15 is 0 Å². The van der Waals surface area contributed by atoms with Crippen LogP contribution in [-0.2, 0) is 17.3 Å². The Bertz CT molecular complexity index is 1960. The Morgan fingerprint density at radius 2 is 1.73 bits per heavy atom. The number of anilines is 2. The number of carbonyl (C=O) groups is 1. The first-order chi connectivity index (χ1) is 30.3. The van der Waals surface area contributed by atoms with E-state index in [1.807, 2.05) is 24.3 Å². The number of pyridine rings is 1. The molecule has 7 atom stereocenters. The monoisotopic (exact) mass is 875 g/mol. The van der Waals surface area contributed by atoms with Crippen LogP contribution in [0.1, 0.15) is 104 Å². The molecule has 1 aromatic heterocycles. The third kappa shape index (κ3) is 11.0. The fourth-order valence-electron chi connectivity index (χ4n) is 12.0. The molecule has 13 heteroatoms. The predicted molar refractivity (Wildman–Crippen MR) is 241 cm³/mol. The van der Waals surface area contributed by atoms with Gasteiger partial charge in [-0.1, -0.05) is 19.1 Å². The smallest absolute Gasteiger partial charge is 0.433 e. The normalized spacial score (nSPS) is 29.1. The van der Waals surface area contributed by atoms with E-state index < -0.39 is 11.9 Å². The Morgan fingerprint density at radius 1 is 0.952 bits per heavy atom. The van der Waals surface area contributed by atoms with Gasteiger partial charge in [0, 0.05) is 70.2 Å². The third-order valence-corrected chi connectivity index (χ3v) is 15.6. The van der Waals surface area contributed by atoms with E-state index in [1.54, 1.807) is 0 Å². The van der Waals surface area contributed by atoms with E-state index in [9.17, 15) is 28.2 Å². The van der Waals surface area contributed by atoms with Gasteiger partial charge in [0.25, 0.3) is 5.91 Å². The van der Waals surface area contributed by atoms with E-state index in [2.05, 4.69) is 62.5 Å². The molecule has 5 fully saturated rings. The standard InChI is InChI=1S/C39H56N4O3.C11H13F3N2O/c1-39-16-13-34-33-10-9-32(44)25-30(33)24-29(37(34)35(39)11-12-36(39)45)4-3-17-40-38(46)28-5-7-31(8-6-28)43-18-14-27(15-19-43)26-42-22-20-41(2)21-23-42;12-11(13,14)9-4-1-5-10(16-9)15-8-3-2-6-17-7-8/h5-10,25,27,29,34-37,44-45H,3-4,11-24,26H2,1-2H3,(H,40,46);1,4-5,8H,2-3,6-7H2,(H,15,16). The van der Waals surface area contributed by atoms with Crippen molar-refractivity contribution in [2.45, 2.75) is 102 Å². The van der Waals surface area contributed by atoms with Crippen LogP contribution in [0, 0.1) is 29.1 Å². The van der Waals surface area contributed by atoms with Crippen molar-refractivity contribution in [3.8, 4) is 5.75 Å². The number of aromatic nitrogens is 1. The summed E-state index contributed by atoms with van der Waals surface area (Å²) < 4.78 is 42.5. The zero-order valence-corrected chi connectivity index (χ0v) is 37.3. The zero-order chi connectivity index (χ0) is 44.1. The molecule has 6 aliphatic rings. The van der Waals surface area contributed by atoms with Gasteiger partial charge < -0.3 is 40.3 Å². The van der Waals surface area contributed by atoms with Crippen LogP contribution in [-0.4, -0.2) is 116 Å². The number of piperazine rings is 1. The Balaban J connectivity index is 0.000000268.